The molecule has 1 saturated carbocycles. The maximum absolute atomic E-state index is 5.54. The summed E-state index contributed by atoms with van der Waals surface area (Å²) in [6.45, 7) is 1.08. The van der Waals surface area contributed by atoms with Crippen molar-refractivity contribution in [3.05, 3.63) is 18.6 Å². The highest BCUT2D eigenvalue weighted by Crippen LogP contribution is 2.39. The van der Waals surface area contributed by atoms with Crippen molar-refractivity contribution < 1.29 is 0 Å². The molecular formula is C14H20N6. The van der Waals surface area contributed by atoms with Crippen molar-refractivity contribution in [2.45, 2.75) is 38.1 Å². The highest BCUT2D eigenvalue weighted by molar-refractivity contribution is 5.67. The standard InChI is InChI=1S/C14H20N6/c15-18-12-9-19-8-6-16-13(19)14(17-12)20-7-5-10-3-1-2-4-11(10)20/h6,8-11,18H,1-5,7,15H2. The number of aromatic nitrogens is 3. The zero-order valence-corrected chi connectivity index (χ0v) is 11.5. The number of nitrogen functional groups attached to an aromatic ring is 1. The Morgan fingerprint density at radius 3 is 3.05 bits per heavy atom. The van der Waals surface area contributed by atoms with Gasteiger partial charge in [-0.1, -0.05) is 12.8 Å². The molecule has 3 heterocycles. The number of nitrogens with one attached hydrogen (secondary N) is 1. The van der Waals surface area contributed by atoms with Crippen LogP contribution in [0.3, 0.4) is 0 Å². The quantitative estimate of drug-likeness (QED) is 0.644. The van der Waals surface area contributed by atoms with Crippen LogP contribution in [0.5, 0.6) is 0 Å². The van der Waals surface area contributed by atoms with Crippen LogP contribution in [-0.4, -0.2) is 27.0 Å². The van der Waals surface area contributed by atoms with E-state index < -0.39 is 0 Å². The lowest BCUT2D eigenvalue weighted by atomic mass is 9.85. The fourth-order valence-electron chi connectivity index (χ4n) is 3.85. The van der Waals surface area contributed by atoms with Crippen LogP contribution in [0.1, 0.15) is 32.1 Å². The second-order valence-electron chi connectivity index (χ2n) is 5.85. The summed E-state index contributed by atoms with van der Waals surface area (Å²) in [6, 6.07) is 0.629. The minimum absolute atomic E-state index is 0.629. The van der Waals surface area contributed by atoms with E-state index in [1.54, 1.807) is 0 Å². The van der Waals surface area contributed by atoms with Gasteiger partial charge < -0.3 is 14.7 Å². The van der Waals surface area contributed by atoms with Crippen LogP contribution in [0.15, 0.2) is 18.6 Å². The van der Waals surface area contributed by atoms with E-state index in [0.29, 0.717) is 11.9 Å². The lowest BCUT2D eigenvalue weighted by Crippen LogP contribution is -2.35. The van der Waals surface area contributed by atoms with E-state index in [1.807, 2.05) is 23.0 Å². The number of hydrogen-bond acceptors (Lipinski definition) is 5. The van der Waals surface area contributed by atoms with Crippen LogP contribution < -0.4 is 16.2 Å². The Labute approximate surface area is 118 Å². The highest BCUT2D eigenvalue weighted by atomic mass is 15.3. The minimum atomic E-state index is 0.629. The van der Waals surface area contributed by atoms with E-state index in [-0.39, 0.29) is 0 Å². The van der Waals surface area contributed by atoms with Crippen molar-refractivity contribution in [2.24, 2.45) is 11.8 Å². The van der Waals surface area contributed by atoms with Gasteiger partial charge in [0.2, 0.25) is 0 Å². The van der Waals surface area contributed by atoms with Gasteiger partial charge in [0.1, 0.15) is 0 Å². The maximum Gasteiger partial charge on any atom is 0.180 e. The molecule has 0 aromatic carbocycles. The molecule has 0 amide bonds. The third kappa shape index (κ3) is 1.75. The topological polar surface area (TPSA) is 71.5 Å². The third-order valence-corrected chi connectivity index (χ3v) is 4.79. The molecule has 2 fully saturated rings. The van der Waals surface area contributed by atoms with Crippen molar-refractivity contribution in [3.8, 4) is 0 Å². The Bertz CT molecular complexity index is 621. The number of imidazole rings is 1. The SMILES string of the molecule is NNc1cn2ccnc2c(N2CCC3CCCCC32)n1. The van der Waals surface area contributed by atoms with Gasteiger partial charge in [-0.3, -0.25) is 0 Å². The van der Waals surface area contributed by atoms with E-state index >= 15 is 0 Å². The lowest BCUT2D eigenvalue weighted by molar-refractivity contribution is 0.341. The molecule has 1 aliphatic carbocycles. The van der Waals surface area contributed by atoms with Gasteiger partial charge in [-0.25, -0.2) is 15.8 Å². The summed E-state index contributed by atoms with van der Waals surface area (Å²) in [5.74, 6) is 8.03. The zero-order chi connectivity index (χ0) is 13.5. The van der Waals surface area contributed by atoms with E-state index in [0.717, 1.165) is 23.9 Å². The largest absolute Gasteiger partial charge is 0.350 e. The smallest absolute Gasteiger partial charge is 0.180 e. The van der Waals surface area contributed by atoms with Crippen LogP contribution in [0.25, 0.3) is 5.65 Å². The normalized spacial score (nSPS) is 25.9. The molecule has 3 N–H and O–H groups in total. The maximum atomic E-state index is 5.54. The van der Waals surface area contributed by atoms with Crippen molar-refractivity contribution in [1.29, 1.82) is 0 Å². The lowest BCUT2D eigenvalue weighted by Gasteiger charge is -2.32. The Balaban J connectivity index is 1.79. The van der Waals surface area contributed by atoms with E-state index in [1.165, 1.54) is 32.1 Å². The molecule has 20 heavy (non-hydrogen) atoms. The second kappa shape index (κ2) is 4.63. The average Bonchev–Trinajstić information content (AvgIpc) is 3.12. The van der Waals surface area contributed by atoms with Gasteiger partial charge in [0, 0.05) is 25.0 Å². The predicted molar refractivity (Wildman–Crippen MR) is 78.5 cm³/mol. The van der Waals surface area contributed by atoms with Gasteiger partial charge in [-0.15, -0.1) is 0 Å². The first-order chi connectivity index (χ1) is 9.86. The molecule has 2 aliphatic rings. The number of hydrazine groups is 1. The van der Waals surface area contributed by atoms with Crippen LogP contribution in [0.2, 0.25) is 0 Å². The summed E-state index contributed by atoms with van der Waals surface area (Å²) >= 11 is 0. The Hall–Kier alpha value is -1.82. The molecular weight excluding hydrogens is 252 g/mol. The summed E-state index contributed by atoms with van der Waals surface area (Å²) in [5.41, 5.74) is 3.58. The first-order valence-electron chi connectivity index (χ1n) is 7.44. The van der Waals surface area contributed by atoms with Crippen LogP contribution in [0.4, 0.5) is 11.6 Å². The van der Waals surface area contributed by atoms with E-state index in [9.17, 15) is 0 Å². The predicted octanol–water partition coefficient (Wildman–Crippen LogP) is 1.78. The molecule has 2 atom stereocenters. The summed E-state index contributed by atoms with van der Waals surface area (Å²) in [6.07, 6.45) is 12.3. The fraction of sp³-hybridized carbons (Fsp3) is 0.571. The number of rotatable bonds is 2. The van der Waals surface area contributed by atoms with Gasteiger partial charge in [0.15, 0.2) is 17.3 Å². The summed E-state index contributed by atoms with van der Waals surface area (Å²) in [7, 11) is 0. The Morgan fingerprint density at radius 1 is 1.25 bits per heavy atom. The second-order valence-corrected chi connectivity index (χ2v) is 5.85. The average molecular weight is 272 g/mol. The molecule has 2 aromatic heterocycles. The van der Waals surface area contributed by atoms with Crippen molar-refractivity contribution in [3.63, 3.8) is 0 Å². The first kappa shape index (κ1) is 12.0. The number of nitrogens with zero attached hydrogens (tertiary/aromatic N) is 4. The number of anilines is 2. The molecule has 4 rings (SSSR count). The Kier molecular flexibility index (Phi) is 2.77. The number of fused-ring (bicyclic) bond motifs is 2. The monoisotopic (exact) mass is 272 g/mol. The van der Waals surface area contributed by atoms with Crippen LogP contribution >= 0.6 is 0 Å². The van der Waals surface area contributed by atoms with Crippen molar-refractivity contribution >= 4 is 17.3 Å². The number of hydrogen-bond donors (Lipinski definition) is 2. The highest BCUT2D eigenvalue weighted by Gasteiger charge is 2.37. The molecule has 0 spiro atoms. The Morgan fingerprint density at radius 2 is 2.15 bits per heavy atom. The molecule has 1 saturated heterocycles. The molecule has 2 unspecified atom stereocenters. The van der Waals surface area contributed by atoms with E-state index in [4.69, 9.17) is 5.84 Å². The van der Waals surface area contributed by atoms with Crippen LogP contribution in [0, 0.1) is 5.92 Å². The van der Waals surface area contributed by atoms with Crippen LogP contribution in [-0.2, 0) is 0 Å². The van der Waals surface area contributed by atoms with Gasteiger partial charge in [-0.05, 0) is 25.2 Å². The molecule has 0 radical (unpaired) electrons. The first-order valence-corrected chi connectivity index (χ1v) is 7.44. The van der Waals surface area contributed by atoms with Gasteiger partial charge in [-0.2, -0.15) is 0 Å². The summed E-state index contributed by atoms with van der Waals surface area (Å²) in [5, 5.41) is 0. The summed E-state index contributed by atoms with van der Waals surface area (Å²) in [4.78, 5) is 11.6. The molecule has 2 aromatic rings. The fourth-order valence-corrected chi connectivity index (χ4v) is 3.85. The molecule has 0 bridgehead atoms. The third-order valence-electron chi connectivity index (χ3n) is 4.79. The van der Waals surface area contributed by atoms with E-state index in [2.05, 4.69) is 20.3 Å². The molecule has 106 valence electrons. The zero-order valence-electron chi connectivity index (χ0n) is 11.5. The van der Waals surface area contributed by atoms with Gasteiger partial charge in [0.05, 0.1) is 6.20 Å². The summed E-state index contributed by atoms with van der Waals surface area (Å²) < 4.78 is 1.99. The van der Waals surface area contributed by atoms with Gasteiger partial charge >= 0.3 is 0 Å². The number of nitrogens with two attached hydrogens (primary N) is 1. The van der Waals surface area contributed by atoms with Gasteiger partial charge in [0.25, 0.3) is 0 Å². The minimum Gasteiger partial charge on any atom is -0.350 e. The van der Waals surface area contributed by atoms with Crippen molar-refractivity contribution in [1.82, 2.24) is 14.4 Å². The molecule has 1 aliphatic heterocycles. The molecule has 6 nitrogen and oxygen atoms in total. The molecule has 6 heteroatoms. The van der Waals surface area contributed by atoms with Crippen molar-refractivity contribution in [2.75, 3.05) is 16.9 Å².